The number of nitrogens with zero attached hydrogens (tertiary/aromatic N) is 3. The first kappa shape index (κ1) is 22.3. The molecule has 3 aromatic rings. The summed E-state index contributed by atoms with van der Waals surface area (Å²) in [5, 5.41) is 2.08. The van der Waals surface area contributed by atoms with Crippen molar-refractivity contribution in [2.24, 2.45) is 0 Å². The molecule has 0 amide bonds. The quantitative estimate of drug-likeness (QED) is 0.521. The van der Waals surface area contributed by atoms with Gasteiger partial charge in [0.15, 0.2) is 29.3 Å². The molecule has 0 spiro atoms. The summed E-state index contributed by atoms with van der Waals surface area (Å²) >= 11 is 0. The number of alkyl halides is 3. The van der Waals surface area contributed by atoms with Crippen molar-refractivity contribution < 1.29 is 27.1 Å². The Morgan fingerprint density at radius 3 is 2.45 bits per heavy atom. The smallest absolute Gasteiger partial charge is 0.403 e. The van der Waals surface area contributed by atoms with Crippen molar-refractivity contribution in [3.8, 4) is 17.1 Å². The van der Waals surface area contributed by atoms with Crippen molar-refractivity contribution >= 4 is 11.9 Å². The van der Waals surface area contributed by atoms with Gasteiger partial charge in [0, 0.05) is 11.8 Å². The van der Waals surface area contributed by atoms with Crippen molar-refractivity contribution in [2.45, 2.75) is 26.1 Å². The first-order valence-corrected chi connectivity index (χ1v) is 8.51. The second-order valence-electron chi connectivity index (χ2n) is 6.08. The zero-order valence-electron chi connectivity index (χ0n) is 16.2. The van der Waals surface area contributed by atoms with Gasteiger partial charge in [-0.25, -0.2) is 14.4 Å². The Morgan fingerprint density at radius 1 is 1.24 bits per heavy atom. The van der Waals surface area contributed by atoms with Crippen LogP contribution in [0.1, 0.15) is 23.1 Å². The molecule has 1 N–H and O–H groups in total. The molecule has 6 nitrogen and oxygen atoms in total. The fourth-order valence-corrected chi connectivity index (χ4v) is 2.33. The summed E-state index contributed by atoms with van der Waals surface area (Å²) in [5.74, 6) is 0.779. The minimum Gasteiger partial charge on any atom is -0.494 e. The molecule has 156 valence electrons. The molecule has 2 aromatic heterocycles. The molecule has 29 heavy (non-hydrogen) atoms. The van der Waals surface area contributed by atoms with Crippen LogP contribution >= 0.6 is 0 Å². The first-order valence-electron chi connectivity index (χ1n) is 8.51. The SMILES string of the molecule is CNC(C)C(F)(F)F.COc1cc(-c2nc(C)n3ccc(C=O)c3n2)ccc1F. The maximum atomic E-state index is 13.5. The van der Waals surface area contributed by atoms with Crippen LogP contribution < -0.4 is 10.1 Å². The first-order chi connectivity index (χ1) is 13.6. The number of aldehydes is 1. The largest absolute Gasteiger partial charge is 0.494 e. The molecule has 0 fully saturated rings. The number of hydrogen-bond acceptors (Lipinski definition) is 5. The number of aryl methyl sites for hydroxylation is 1. The predicted octanol–water partition coefficient (Wildman–Crippen LogP) is 3.82. The Hall–Kier alpha value is -3.01. The van der Waals surface area contributed by atoms with Crippen molar-refractivity contribution in [3.63, 3.8) is 0 Å². The topological polar surface area (TPSA) is 68.5 Å². The van der Waals surface area contributed by atoms with Crippen molar-refractivity contribution in [2.75, 3.05) is 14.2 Å². The number of fused-ring (bicyclic) bond motifs is 1. The minimum absolute atomic E-state index is 0.125. The van der Waals surface area contributed by atoms with Gasteiger partial charge in [-0.2, -0.15) is 13.2 Å². The van der Waals surface area contributed by atoms with Crippen LogP contribution in [0, 0.1) is 12.7 Å². The lowest BCUT2D eigenvalue weighted by Crippen LogP contribution is -2.36. The highest BCUT2D eigenvalue weighted by molar-refractivity contribution is 5.85. The highest BCUT2D eigenvalue weighted by atomic mass is 19.4. The summed E-state index contributed by atoms with van der Waals surface area (Å²) in [5.41, 5.74) is 1.63. The van der Waals surface area contributed by atoms with Crippen LogP contribution in [0.3, 0.4) is 0 Å². The maximum Gasteiger partial charge on any atom is 0.403 e. The third kappa shape index (κ3) is 5.08. The average molecular weight is 412 g/mol. The Balaban J connectivity index is 0.000000321. The Labute approximate surface area is 164 Å². The highest BCUT2D eigenvalue weighted by Crippen LogP contribution is 2.25. The Kier molecular flexibility index (Phi) is 6.91. The molecule has 2 heterocycles. The van der Waals surface area contributed by atoms with E-state index in [-0.39, 0.29) is 5.75 Å². The molecule has 0 aliphatic carbocycles. The zero-order chi connectivity index (χ0) is 21.8. The van der Waals surface area contributed by atoms with Gasteiger partial charge in [-0.05, 0) is 45.2 Å². The second kappa shape index (κ2) is 8.99. The molecule has 1 unspecified atom stereocenters. The van der Waals surface area contributed by atoms with E-state index in [9.17, 15) is 22.4 Å². The lowest BCUT2D eigenvalue weighted by atomic mass is 10.2. The van der Waals surface area contributed by atoms with Gasteiger partial charge in [0.25, 0.3) is 0 Å². The number of methoxy groups -OCH3 is 1. The van der Waals surface area contributed by atoms with E-state index in [1.807, 2.05) is 6.92 Å². The fraction of sp³-hybridized carbons (Fsp3) is 0.316. The van der Waals surface area contributed by atoms with Crippen LogP contribution in [0.5, 0.6) is 5.75 Å². The van der Waals surface area contributed by atoms with Gasteiger partial charge in [-0.3, -0.25) is 9.20 Å². The number of hydrogen-bond donors (Lipinski definition) is 1. The molecule has 3 rings (SSSR count). The lowest BCUT2D eigenvalue weighted by Gasteiger charge is -2.13. The number of carbonyl (C=O) groups is 1. The molecular formula is C19H20F4N4O2. The Morgan fingerprint density at radius 2 is 1.93 bits per heavy atom. The summed E-state index contributed by atoms with van der Waals surface area (Å²) in [7, 11) is 2.67. The van der Waals surface area contributed by atoms with Gasteiger partial charge in [-0.15, -0.1) is 0 Å². The van der Waals surface area contributed by atoms with Gasteiger partial charge in [-0.1, -0.05) is 0 Å². The van der Waals surface area contributed by atoms with Crippen molar-refractivity contribution in [1.82, 2.24) is 19.7 Å². The van der Waals surface area contributed by atoms with E-state index in [2.05, 4.69) is 15.3 Å². The average Bonchev–Trinajstić information content (AvgIpc) is 3.11. The molecule has 1 atom stereocenters. The van der Waals surface area contributed by atoms with E-state index >= 15 is 0 Å². The highest BCUT2D eigenvalue weighted by Gasteiger charge is 2.34. The van der Waals surface area contributed by atoms with Gasteiger partial charge >= 0.3 is 6.18 Å². The number of halogens is 4. The molecular weight excluding hydrogens is 392 g/mol. The molecule has 0 radical (unpaired) electrons. The van der Waals surface area contributed by atoms with Crippen molar-refractivity contribution in [1.29, 1.82) is 0 Å². The van der Waals surface area contributed by atoms with Gasteiger partial charge in [0.2, 0.25) is 0 Å². The minimum atomic E-state index is -4.10. The number of rotatable bonds is 4. The van der Waals surface area contributed by atoms with E-state index < -0.39 is 18.0 Å². The van der Waals surface area contributed by atoms with Gasteiger partial charge in [0.05, 0.1) is 12.7 Å². The number of nitrogens with one attached hydrogen (secondary N) is 1. The number of aromatic nitrogens is 3. The van der Waals surface area contributed by atoms with Crippen LogP contribution in [0.15, 0.2) is 30.5 Å². The summed E-state index contributed by atoms with van der Waals surface area (Å²) < 4.78 is 54.3. The molecule has 0 saturated heterocycles. The fourth-order valence-electron chi connectivity index (χ4n) is 2.33. The van der Waals surface area contributed by atoms with E-state index in [1.165, 1.54) is 26.3 Å². The van der Waals surface area contributed by atoms with E-state index in [4.69, 9.17) is 4.74 Å². The monoisotopic (exact) mass is 412 g/mol. The number of carbonyl (C=O) groups excluding carboxylic acids is 1. The summed E-state index contributed by atoms with van der Waals surface area (Å²) in [4.78, 5) is 19.8. The molecule has 0 bridgehead atoms. The number of benzene rings is 1. The summed E-state index contributed by atoms with van der Waals surface area (Å²) in [6.07, 6.45) is -1.62. The van der Waals surface area contributed by atoms with E-state index in [0.717, 1.165) is 13.2 Å². The second-order valence-corrected chi connectivity index (χ2v) is 6.08. The molecule has 10 heteroatoms. The Bertz CT molecular complexity index is 1000. The molecule has 0 saturated carbocycles. The third-order valence-electron chi connectivity index (χ3n) is 4.18. The normalized spacial score (nSPS) is 12.3. The summed E-state index contributed by atoms with van der Waals surface area (Å²) in [6, 6.07) is 4.69. The van der Waals surface area contributed by atoms with Gasteiger partial charge < -0.3 is 10.1 Å². The standard InChI is InChI=1S/C15H12FN3O2.C4H8F3N/c1-9-17-14(10-3-4-12(16)13(7-10)21-2)18-15-11(8-20)5-6-19(9)15;1-3(8-2)4(5,6)7/h3-8H,1-2H3;3,8H,1-2H3. The van der Waals surface area contributed by atoms with Crippen LogP contribution in [0.4, 0.5) is 17.6 Å². The summed E-state index contributed by atoms with van der Waals surface area (Å²) in [6.45, 7) is 2.88. The molecule has 1 aromatic carbocycles. The van der Waals surface area contributed by atoms with Crippen LogP contribution in [-0.2, 0) is 0 Å². The maximum absolute atomic E-state index is 13.5. The van der Waals surface area contributed by atoms with Crippen LogP contribution in [0.2, 0.25) is 0 Å². The molecule has 0 aliphatic heterocycles. The van der Waals surface area contributed by atoms with Crippen LogP contribution in [0.25, 0.3) is 17.0 Å². The zero-order valence-corrected chi connectivity index (χ0v) is 16.2. The van der Waals surface area contributed by atoms with E-state index in [0.29, 0.717) is 28.4 Å². The molecule has 0 aliphatic rings. The predicted molar refractivity (Wildman–Crippen MR) is 99.6 cm³/mol. The number of ether oxygens (including phenoxy) is 1. The third-order valence-corrected chi connectivity index (χ3v) is 4.18. The van der Waals surface area contributed by atoms with Crippen molar-refractivity contribution in [3.05, 3.63) is 47.7 Å². The van der Waals surface area contributed by atoms with Gasteiger partial charge in [0.1, 0.15) is 11.9 Å². The van der Waals surface area contributed by atoms with Crippen LogP contribution in [-0.4, -0.2) is 47.0 Å². The lowest BCUT2D eigenvalue weighted by molar-refractivity contribution is -0.150. The van der Waals surface area contributed by atoms with E-state index in [1.54, 1.807) is 22.7 Å².